The van der Waals surface area contributed by atoms with Crippen LogP contribution in [-0.2, 0) is 23.8 Å². The van der Waals surface area contributed by atoms with Crippen LogP contribution in [0, 0.1) is 39.9 Å². The number of aliphatic hydroxyl groups is 3. The molecule has 40 heavy (non-hydrogen) atoms. The molecule has 5 aliphatic rings. The van der Waals surface area contributed by atoms with Crippen LogP contribution in [0.1, 0.15) is 87.5 Å². The highest BCUT2D eigenvalue weighted by Crippen LogP contribution is 2.72. The van der Waals surface area contributed by atoms with E-state index in [0.717, 1.165) is 19.3 Å². The van der Waals surface area contributed by atoms with Crippen LogP contribution in [0.3, 0.4) is 0 Å². The number of hydrogen-bond acceptors (Lipinski definition) is 8. The Morgan fingerprint density at radius 2 is 1.80 bits per heavy atom. The lowest BCUT2D eigenvalue weighted by molar-refractivity contribution is -0.353. The summed E-state index contributed by atoms with van der Waals surface area (Å²) < 4.78 is 17.9. The van der Waals surface area contributed by atoms with Gasteiger partial charge in [0.2, 0.25) is 5.79 Å². The SMILES string of the molecule is CC(=O)OC1CC2C(C)(C)OC(=O)C=CC2(C)C2CCC3(C)C(=CCC3C3COC(O)(C(C)(C)O)C(O)C3)C12C. The molecule has 2 saturated carbocycles. The smallest absolute Gasteiger partial charge is 0.330 e. The predicted octanol–water partition coefficient (Wildman–Crippen LogP) is 4.06. The van der Waals surface area contributed by atoms with Crippen LogP contribution in [0.25, 0.3) is 0 Å². The van der Waals surface area contributed by atoms with Crippen molar-refractivity contribution in [3.05, 3.63) is 23.8 Å². The number of hydrogen-bond donors (Lipinski definition) is 3. The standard InChI is InChI=1S/C32H48O8/c1-18(33)39-25-16-23-27(2,3)40-26(35)12-14-30(23,7)22-11-13-29(6)20(9-10-21(29)31(22,25)8)19-15-24(34)32(37,38-17-19)28(4,5)36/h10,12,14,19-20,22-25,34,36-37H,9,11,13,15-17H2,1-8H3. The van der Waals surface area contributed by atoms with Crippen LogP contribution < -0.4 is 0 Å². The third-order valence-electron chi connectivity index (χ3n) is 11.9. The van der Waals surface area contributed by atoms with Gasteiger partial charge in [-0.2, -0.15) is 0 Å². The number of fused-ring (bicyclic) bond motifs is 5. The van der Waals surface area contributed by atoms with Crippen LogP contribution in [0.4, 0.5) is 0 Å². The summed E-state index contributed by atoms with van der Waals surface area (Å²) in [4.78, 5) is 25.1. The second kappa shape index (κ2) is 9.13. The normalized spacial score (nSPS) is 48.2. The van der Waals surface area contributed by atoms with Gasteiger partial charge in [0.15, 0.2) is 0 Å². The Kier molecular flexibility index (Phi) is 6.79. The first-order valence-corrected chi connectivity index (χ1v) is 14.9. The molecule has 2 aliphatic heterocycles. The number of rotatable bonds is 3. The van der Waals surface area contributed by atoms with Gasteiger partial charge in [-0.15, -0.1) is 0 Å². The zero-order chi connectivity index (χ0) is 29.7. The summed E-state index contributed by atoms with van der Waals surface area (Å²) in [5, 5.41) is 32.4. The molecule has 2 heterocycles. The van der Waals surface area contributed by atoms with Crippen molar-refractivity contribution in [2.24, 2.45) is 39.9 Å². The fourth-order valence-electron chi connectivity index (χ4n) is 10.0. The highest BCUT2D eigenvalue weighted by Gasteiger charge is 2.69. The number of carbonyl (C=O) groups excluding carboxylic acids is 2. The van der Waals surface area contributed by atoms with E-state index in [1.165, 1.54) is 26.3 Å². The number of carbonyl (C=O) groups is 2. The van der Waals surface area contributed by atoms with E-state index in [4.69, 9.17) is 14.2 Å². The molecule has 0 bridgehead atoms. The Bertz CT molecular complexity index is 1130. The molecule has 3 N–H and O–H groups in total. The predicted molar refractivity (Wildman–Crippen MR) is 148 cm³/mol. The van der Waals surface area contributed by atoms with Crippen molar-refractivity contribution in [3.63, 3.8) is 0 Å². The summed E-state index contributed by atoms with van der Waals surface area (Å²) in [6.07, 6.45) is 7.85. The Balaban J connectivity index is 1.52. The van der Waals surface area contributed by atoms with Crippen molar-refractivity contribution in [2.45, 2.75) is 117 Å². The van der Waals surface area contributed by atoms with Gasteiger partial charge in [-0.3, -0.25) is 4.79 Å². The van der Waals surface area contributed by atoms with E-state index < -0.39 is 28.5 Å². The average molecular weight is 561 g/mol. The second-order valence-corrected chi connectivity index (χ2v) is 14.9. The summed E-state index contributed by atoms with van der Waals surface area (Å²) in [5.74, 6) is -2.45. The number of allylic oxidation sites excluding steroid dienone is 2. The van der Waals surface area contributed by atoms with Gasteiger partial charge in [-0.05, 0) is 88.4 Å². The quantitative estimate of drug-likeness (QED) is 0.349. The fourth-order valence-corrected chi connectivity index (χ4v) is 10.0. The highest BCUT2D eigenvalue weighted by molar-refractivity contribution is 5.83. The molecular formula is C32H48O8. The number of ether oxygens (including phenoxy) is 3. The average Bonchev–Trinajstić information content (AvgIpc) is 3.14. The van der Waals surface area contributed by atoms with Gasteiger partial charge in [0.1, 0.15) is 23.4 Å². The largest absolute Gasteiger partial charge is 0.462 e. The molecule has 3 aliphatic carbocycles. The Morgan fingerprint density at radius 3 is 2.40 bits per heavy atom. The molecule has 0 aromatic carbocycles. The van der Waals surface area contributed by atoms with Crippen LogP contribution in [-0.4, -0.2) is 63.1 Å². The van der Waals surface area contributed by atoms with Crippen LogP contribution in [0.5, 0.6) is 0 Å². The molecule has 8 heteroatoms. The first kappa shape index (κ1) is 29.7. The van der Waals surface area contributed by atoms with Gasteiger partial charge in [0.05, 0.1) is 6.61 Å². The van der Waals surface area contributed by atoms with E-state index in [1.807, 2.05) is 13.8 Å². The number of aliphatic hydroxyl groups excluding tert-OH is 1. The van der Waals surface area contributed by atoms with Gasteiger partial charge in [-0.25, -0.2) is 4.79 Å². The zero-order valence-corrected chi connectivity index (χ0v) is 25.3. The summed E-state index contributed by atoms with van der Waals surface area (Å²) in [7, 11) is 0. The van der Waals surface area contributed by atoms with Crippen molar-refractivity contribution < 1.29 is 39.1 Å². The van der Waals surface area contributed by atoms with Crippen molar-refractivity contribution in [2.75, 3.05) is 6.61 Å². The summed E-state index contributed by atoms with van der Waals surface area (Å²) >= 11 is 0. The van der Waals surface area contributed by atoms with Gasteiger partial charge >= 0.3 is 11.9 Å². The van der Waals surface area contributed by atoms with Gasteiger partial charge in [-0.1, -0.05) is 38.5 Å². The minimum Gasteiger partial charge on any atom is -0.462 e. The summed E-state index contributed by atoms with van der Waals surface area (Å²) in [6, 6.07) is 0. The number of esters is 2. The monoisotopic (exact) mass is 560 g/mol. The molecule has 1 saturated heterocycles. The molecule has 0 aromatic heterocycles. The molecule has 8 nitrogen and oxygen atoms in total. The van der Waals surface area contributed by atoms with Crippen LogP contribution in [0.15, 0.2) is 23.8 Å². The maximum absolute atomic E-state index is 12.6. The van der Waals surface area contributed by atoms with E-state index in [1.54, 1.807) is 6.08 Å². The van der Waals surface area contributed by atoms with Crippen LogP contribution in [0.2, 0.25) is 0 Å². The van der Waals surface area contributed by atoms with Gasteiger partial charge in [0.25, 0.3) is 0 Å². The molecule has 10 atom stereocenters. The van der Waals surface area contributed by atoms with Crippen molar-refractivity contribution in [1.29, 1.82) is 0 Å². The molecule has 3 fully saturated rings. The molecule has 5 rings (SSSR count). The van der Waals surface area contributed by atoms with E-state index in [0.29, 0.717) is 12.8 Å². The Morgan fingerprint density at radius 1 is 1.12 bits per heavy atom. The third-order valence-corrected chi connectivity index (χ3v) is 11.9. The molecule has 0 aromatic rings. The third kappa shape index (κ3) is 4.07. The molecule has 10 unspecified atom stereocenters. The van der Waals surface area contributed by atoms with Crippen molar-refractivity contribution in [1.82, 2.24) is 0 Å². The first-order chi connectivity index (χ1) is 18.3. The minimum atomic E-state index is -2.02. The second-order valence-electron chi connectivity index (χ2n) is 14.9. The first-order valence-electron chi connectivity index (χ1n) is 14.9. The fraction of sp³-hybridized carbons (Fsp3) is 0.812. The minimum absolute atomic E-state index is 0.0154. The lowest BCUT2D eigenvalue weighted by atomic mass is 9.40. The van der Waals surface area contributed by atoms with Gasteiger partial charge in [0, 0.05) is 24.3 Å². The maximum atomic E-state index is 12.6. The topological polar surface area (TPSA) is 123 Å². The molecule has 0 radical (unpaired) electrons. The molecule has 224 valence electrons. The molecule has 0 amide bonds. The lowest BCUT2D eigenvalue weighted by Crippen LogP contribution is -2.65. The van der Waals surface area contributed by atoms with Crippen LogP contribution >= 0.6 is 0 Å². The van der Waals surface area contributed by atoms with E-state index in [-0.39, 0.29) is 59.2 Å². The zero-order valence-electron chi connectivity index (χ0n) is 25.3. The maximum Gasteiger partial charge on any atom is 0.330 e. The Hall–Kier alpha value is -1.74. The molecular weight excluding hydrogens is 512 g/mol. The molecule has 0 spiro atoms. The van der Waals surface area contributed by atoms with Crippen molar-refractivity contribution in [3.8, 4) is 0 Å². The van der Waals surface area contributed by atoms with Crippen molar-refractivity contribution >= 4 is 11.9 Å². The summed E-state index contributed by atoms with van der Waals surface area (Å²) in [5.41, 5.74) is -2.09. The summed E-state index contributed by atoms with van der Waals surface area (Å²) in [6.45, 7) is 15.3. The Labute approximate surface area is 238 Å². The van der Waals surface area contributed by atoms with Gasteiger partial charge < -0.3 is 29.5 Å². The highest BCUT2D eigenvalue weighted by atomic mass is 16.7. The van der Waals surface area contributed by atoms with E-state index in [9.17, 15) is 24.9 Å². The lowest BCUT2D eigenvalue weighted by Gasteiger charge is -2.65. The van der Waals surface area contributed by atoms with E-state index >= 15 is 0 Å². The van der Waals surface area contributed by atoms with E-state index in [2.05, 4.69) is 32.9 Å². The number of cyclic esters (lactones) is 1.